The van der Waals surface area contributed by atoms with Crippen LogP contribution in [0.15, 0.2) is 58.3 Å². The quantitative estimate of drug-likeness (QED) is 0.858. The minimum atomic E-state index is 0. The number of carbonyl (C=O) groups excluding carboxylic acids is 1. The van der Waals surface area contributed by atoms with Crippen molar-refractivity contribution in [3.8, 4) is 0 Å². The van der Waals surface area contributed by atoms with Gasteiger partial charge in [-0.3, -0.25) is 4.79 Å². The Morgan fingerprint density at radius 3 is 2.16 bits per heavy atom. The molecule has 2 aromatic carbocycles. The number of nitrogens with zero attached hydrogens (tertiary/aromatic N) is 2. The zero-order chi connectivity index (χ0) is 17.1. The molecule has 0 saturated carbocycles. The van der Waals surface area contributed by atoms with E-state index in [-0.39, 0.29) is 24.4 Å². The molecule has 0 saturated heterocycles. The summed E-state index contributed by atoms with van der Waals surface area (Å²) in [6.07, 6.45) is 0.466. The van der Waals surface area contributed by atoms with Gasteiger partial charge >= 0.3 is 0 Å². The van der Waals surface area contributed by atoms with Gasteiger partial charge in [-0.05, 0) is 31.2 Å². The van der Waals surface area contributed by atoms with Crippen LogP contribution in [0.3, 0.4) is 0 Å². The fraction of sp³-hybridized carbons (Fsp3) is 0.316. The van der Waals surface area contributed by atoms with Crippen molar-refractivity contribution in [3.05, 3.63) is 48.5 Å². The van der Waals surface area contributed by atoms with E-state index < -0.39 is 0 Å². The van der Waals surface area contributed by atoms with E-state index in [1.54, 1.807) is 16.7 Å². The Morgan fingerprint density at radius 2 is 1.64 bits per heavy atom. The Labute approximate surface area is 159 Å². The first-order valence-electron chi connectivity index (χ1n) is 8.21. The molecule has 0 aliphatic carbocycles. The van der Waals surface area contributed by atoms with E-state index in [0.29, 0.717) is 19.5 Å². The van der Waals surface area contributed by atoms with Crippen LogP contribution in [-0.4, -0.2) is 37.0 Å². The second-order valence-corrected chi connectivity index (χ2v) is 7.11. The number of amides is 1. The summed E-state index contributed by atoms with van der Waals surface area (Å²) in [6, 6.07) is 16.8. The minimum absolute atomic E-state index is 0. The SMILES string of the molecule is CC(CN)N(C)C(=O)CCN1c2ccccc2Sc2ccccc21.Cl. The third kappa shape index (κ3) is 4.11. The van der Waals surface area contributed by atoms with Crippen LogP contribution in [0.1, 0.15) is 13.3 Å². The standard InChI is InChI=1S/C19H23N3OS.ClH/c1-14(13-20)21(2)19(23)11-12-22-15-7-3-5-9-17(15)24-18-10-6-4-8-16(18)22;/h3-10,14H,11-13,20H2,1-2H3;1H. The molecule has 0 aromatic heterocycles. The highest BCUT2D eigenvalue weighted by Gasteiger charge is 2.24. The predicted octanol–water partition coefficient (Wildman–Crippen LogP) is 3.91. The summed E-state index contributed by atoms with van der Waals surface area (Å²) in [5, 5.41) is 0. The number of anilines is 2. The Bertz CT molecular complexity index is 695. The summed E-state index contributed by atoms with van der Waals surface area (Å²) in [4.78, 5) is 18.9. The van der Waals surface area contributed by atoms with Gasteiger partial charge in [-0.25, -0.2) is 0 Å². The van der Waals surface area contributed by atoms with E-state index in [4.69, 9.17) is 5.73 Å². The number of nitrogens with two attached hydrogens (primary N) is 1. The molecule has 1 aliphatic heterocycles. The normalized spacial score (nSPS) is 13.3. The number of para-hydroxylation sites is 2. The Morgan fingerprint density at radius 1 is 1.12 bits per heavy atom. The summed E-state index contributed by atoms with van der Waals surface area (Å²) in [5.74, 6) is 0.126. The molecule has 1 amide bonds. The van der Waals surface area contributed by atoms with Gasteiger partial charge in [0.25, 0.3) is 0 Å². The first kappa shape index (κ1) is 19.6. The molecule has 0 spiro atoms. The van der Waals surface area contributed by atoms with E-state index in [0.717, 1.165) is 0 Å². The molecule has 2 N–H and O–H groups in total. The number of rotatable bonds is 5. The molecular formula is C19H24ClN3OS. The highest BCUT2D eigenvalue weighted by Crippen LogP contribution is 2.47. The van der Waals surface area contributed by atoms with E-state index in [2.05, 4.69) is 41.3 Å². The number of likely N-dealkylation sites (N-methyl/N-ethyl adjacent to an activating group) is 1. The molecule has 134 valence electrons. The highest BCUT2D eigenvalue weighted by atomic mass is 35.5. The van der Waals surface area contributed by atoms with Crippen LogP contribution in [0.25, 0.3) is 0 Å². The third-order valence-electron chi connectivity index (χ3n) is 4.48. The van der Waals surface area contributed by atoms with Crippen molar-refractivity contribution in [1.82, 2.24) is 4.90 Å². The number of fused-ring (bicyclic) bond motifs is 2. The molecule has 1 aliphatic rings. The fourth-order valence-corrected chi connectivity index (χ4v) is 3.91. The van der Waals surface area contributed by atoms with Gasteiger partial charge in [-0.15, -0.1) is 12.4 Å². The number of hydrogen-bond donors (Lipinski definition) is 1. The van der Waals surface area contributed by atoms with Crippen LogP contribution < -0.4 is 10.6 Å². The first-order valence-corrected chi connectivity index (χ1v) is 9.02. The van der Waals surface area contributed by atoms with Gasteiger partial charge < -0.3 is 15.5 Å². The van der Waals surface area contributed by atoms with Gasteiger partial charge in [0.2, 0.25) is 5.91 Å². The van der Waals surface area contributed by atoms with Gasteiger partial charge in [0.15, 0.2) is 0 Å². The molecule has 25 heavy (non-hydrogen) atoms. The molecular weight excluding hydrogens is 354 g/mol. The first-order chi connectivity index (χ1) is 11.6. The lowest BCUT2D eigenvalue weighted by Crippen LogP contribution is -2.40. The molecule has 0 radical (unpaired) electrons. The van der Waals surface area contributed by atoms with Gasteiger partial charge in [0.05, 0.1) is 11.4 Å². The molecule has 1 atom stereocenters. The summed E-state index contributed by atoms with van der Waals surface area (Å²) in [6.45, 7) is 3.11. The lowest BCUT2D eigenvalue weighted by atomic mass is 10.2. The third-order valence-corrected chi connectivity index (χ3v) is 5.61. The second-order valence-electron chi connectivity index (χ2n) is 6.03. The van der Waals surface area contributed by atoms with Crippen molar-refractivity contribution >= 4 is 41.5 Å². The minimum Gasteiger partial charge on any atom is -0.342 e. The number of halogens is 1. The lowest BCUT2D eigenvalue weighted by molar-refractivity contribution is -0.131. The Balaban J connectivity index is 0.00000225. The monoisotopic (exact) mass is 377 g/mol. The molecule has 0 fully saturated rings. The van der Waals surface area contributed by atoms with Crippen molar-refractivity contribution in [2.45, 2.75) is 29.2 Å². The predicted molar refractivity (Wildman–Crippen MR) is 107 cm³/mol. The van der Waals surface area contributed by atoms with Crippen molar-refractivity contribution in [3.63, 3.8) is 0 Å². The van der Waals surface area contributed by atoms with E-state index >= 15 is 0 Å². The van der Waals surface area contributed by atoms with Crippen LogP contribution in [0.4, 0.5) is 11.4 Å². The maximum atomic E-state index is 12.4. The van der Waals surface area contributed by atoms with E-state index in [9.17, 15) is 4.79 Å². The Hall–Kier alpha value is -1.69. The largest absolute Gasteiger partial charge is 0.342 e. The molecule has 2 aromatic rings. The lowest BCUT2D eigenvalue weighted by Gasteiger charge is -2.33. The zero-order valence-corrected chi connectivity index (χ0v) is 16.1. The van der Waals surface area contributed by atoms with Crippen LogP contribution in [0.2, 0.25) is 0 Å². The topological polar surface area (TPSA) is 49.6 Å². The molecule has 0 bridgehead atoms. The van der Waals surface area contributed by atoms with Crippen LogP contribution in [-0.2, 0) is 4.79 Å². The molecule has 4 nitrogen and oxygen atoms in total. The van der Waals surface area contributed by atoms with Gasteiger partial charge in [-0.2, -0.15) is 0 Å². The second kappa shape index (κ2) is 8.61. The van der Waals surface area contributed by atoms with Crippen molar-refractivity contribution in [2.75, 3.05) is 25.0 Å². The zero-order valence-electron chi connectivity index (χ0n) is 14.5. The van der Waals surface area contributed by atoms with Gasteiger partial charge in [0, 0.05) is 42.4 Å². The van der Waals surface area contributed by atoms with Crippen LogP contribution in [0, 0.1) is 0 Å². The van der Waals surface area contributed by atoms with Crippen LogP contribution in [0.5, 0.6) is 0 Å². The molecule has 6 heteroatoms. The summed E-state index contributed by atoms with van der Waals surface area (Å²) < 4.78 is 0. The van der Waals surface area contributed by atoms with E-state index in [1.165, 1.54) is 21.2 Å². The van der Waals surface area contributed by atoms with Gasteiger partial charge in [0.1, 0.15) is 0 Å². The number of benzene rings is 2. The van der Waals surface area contributed by atoms with Crippen molar-refractivity contribution < 1.29 is 4.79 Å². The maximum Gasteiger partial charge on any atom is 0.224 e. The Kier molecular flexibility index (Phi) is 6.76. The molecule has 3 rings (SSSR count). The fourth-order valence-electron chi connectivity index (χ4n) is 2.81. The average molecular weight is 378 g/mol. The summed E-state index contributed by atoms with van der Waals surface area (Å²) in [5.41, 5.74) is 8.01. The number of carbonyl (C=O) groups is 1. The van der Waals surface area contributed by atoms with E-state index in [1.807, 2.05) is 26.1 Å². The maximum absolute atomic E-state index is 12.4. The van der Waals surface area contributed by atoms with Gasteiger partial charge in [-0.1, -0.05) is 36.0 Å². The van der Waals surface area contributed by atoms with Crippen LogP contribution >= 0.6 is 24.2 Å². The molecule has 1 unspecified atom stereocenters. The smallest absolute Gasteiger partial charge is 0.224 e. The number of hydrogen-bond acceptors (Lipinski definition) is 4. The highest BCUT2D eigenvalue weighted by molar-refractivity contribution is 7.99. The van der Waals surface area contributed by atoms with Crippen molar-refractivity contribution in [2.24, 2.45) is 5.73 Å². The summed E-state index contributed by atoms with van der Waals surface area (Å²) in [7, 11) is 1.83. The average Bonchev–Trinajstić information content (AvgIpc) is 2.63. The molecule has 1 heterocycles. The van der Waals surface area contributed by atoms with Crippen molar-refractivity contribution in [1.29, 1.82) is 0 Å². The summed E-state index contributed by atoms with van der Waals surface area (Å²) >= 11 is 1.78.